The predicted molar refractivity (Wildman–Crippen MR) is 74.8 cm³/mol. The van der Waals surface area contributed by atoms with Crippen LogP contribution in [0.2, 0.25) is 0 Å². The number of para-hydroxylation sites is 1. The quantitative estimate of drug-likeness (QED) is 0.557. The fourth-order valence-electron chi connectivity index (χ4n) is 1.94. The van der Waals surface area contributed by atoms with Crippen molar-refractivity contribution < 1.29 is 4.42 Å². The Bertz CT molecular complexity index is 774. The van der Waals surface area contributed by atoms with Crippen LogP contribution in [-0.2, 0) is 6.54 Å². The van der Waals surface area contributed by atoms with Crippen molar-refractivity contribution in [2.24, 2.45) is 0 Å². The molecule has 6 nitrogen and oxygen atoms in total. The number of benzene rings is 1. The first kappa shape index (κ1) is 12.0. The first-order valence-corrected chi connectivity index (χ1v) is 6.03. The number of hydrogen-bond donors (Lipinski definition) is 2. The van der Waals surface area contributed by atoms with E-state index in [4.69, 9.17) is 9.68 Å². The summed E-state index contributed by atoms with van der Waals surface area (Å²) < 4.78 is 5.47. The zero-order valence-electron chi connectivity index (χ0n) is 10.5. The molecule has 98 valence electrons. The Balaban J connectivity index is 1.76. The van der Waals surface area contributed by atoms with Gasteiger partial charge in [0.2, 0.25) is 0 Å². The van der Waals surface area contributed by atoms with E-state index in [-0.39, 0.29) is 0 Å². The lowest BCUT2D eigenvalue weighted by molar-refractivity contribution is 0.611. The Labute approximate surface area is 115 Å². The summed E-state index contributed by atoms with van der Waals surface area (Å²) in [6.45, 7) is 0.583. The number of rotatable bonds is 4. The molecule has 2 aromatic heterocycles. The summed E-state index contributed by atoms with van der Waals surface area (Å²) in [5.41, 5.74) is 1.91. The third kappa shape index (κ3) is 2.37. The number of nitrogens with zero attached hydrogens (tertiary/aromatic N) is 3. The molecule has 2 N–H and O–H groups in total. The maximum atomic E-state index is 8.55. The van der Waals surface area contributed by atoms with E-state index in [2.05, 4.69) is 20.6 Å². The van der Waals surface area contributed by atoms with E-state index >= 15 is 0 Å². The number of furan rings is 1. The zero-order chi connectivity index (χ0) is 13.8. The molecule has 6 heteroatoms. The average molecular weight is 265 g/mol. The smallest absolute Gasteiger partial charge is 0.182 e. The highest BCUT2D eigenvalue weighted by molar-refractivity contribution is 5.81. The van der Waals surface area contributed by atoms with Crippen LogP contribution in [0.15, 0.2) is 47.3 Å². The molecule has 2 heterocycles. The Morgan fingerprint density at radius 3 is 2.95 bits per heavy atom. The molecule has 0 aliphatic carbocycles. The number of anilines is 2. The highest BCUT2D eigenvalue weighted by Gasteiger charge is 2.05. The second-order valence-corrected chi connectivity index (χ2v) is 4.14. The molecule has 3 aromatic rings. The van der Waals surface area contributed by atoms with Crippen molar-refractivity contribution in [3.63, 3.8) is 0 Å². The van der Waals surface area contributed by atoms with Gasteiger partial charge in [0.15, 0.2) is 6.19 Å². The summed E-state index contributed by atoms with van der Waals surface area (Å²) in [5.74, 6) is 1.10. The maximum Gasteiger partial charge on any atom is 0.182 e. The summed E-state index contributed by atoms with van der Waals surface area (Å²) >= 11 is 0. The molecule has 0 aliphatic heterocycles. The van der Waals surface area contributed by atoms with E-state index in [0.29, 0.717) is 18.2 Å². The fraction of sp³-hybridized carbons (Fsp3) is 0.0714. The lowest BCUT2D eigenvalue weighted by atomic mass is 10.2. The Morgan fingerprint density at radius 1 is 1.20 bits per heavy atom. The number of hydrogen-bond acceptors (Lipinski definition) is 6. The van der Waals surface area contributed by atoms with Crippen molar-refractivity contribution in [1.82, 2.24) is 9.97 Å². The lowest BCUT2D eigenvalue weighted by Crippen LogP contribution is -2.02. The van der Waals surface area contributed by atoms with Gasteiger partial charge >= 0.3 is 0 Å². The molecular weight excluding hydrogens is 254 g/mol. The van der Waals surface area contributed by atoms with Gasteiger partial charge in [-0.15, -0.1) is 0 Å². The highest BCUT2D eigenvalue weighted by Crippen LogP contribution is 2.21. The standard InChI is InChI=1S/C14H11N5O/c15-8-17-14-5-13(18-9-19-14)16-6-10-7-20-12-4-2-1-3-11(10)12/h1-5,7,9H,6H2,(H2,16,17,18,19). The molecule has 0 saturated heterocycles. The van der Waals surface area contributed by atoms with Crippen LogP contribution in [0, 0.1) is 11.5 Å². The molecule has 0 atom stereocenters. The first-order chi connectivity index (χ1) is 9.86. The van der Waals surface area contributed by atoms with Gasteiger partial charge in [0.25, 0.3) is 0 Å². The van der Waals surface area contributed by atoms with E-state index in [1.807, 2.05) is 30.5 Å². The van der Waals surface area contributed by atoms with Crippen LogP contribution < -0.4 is 10.6 Å². The number of nitrogens with one attached hydrogen (secondary N) is 2. The normalized spacial score (nSPS) is 10.2. The fourth-order valence-corrected chi connectivity index (χ4v) is 1.94. The van der Waals surface area contributed by atoms with Crippen molar-refractivity contribution in [2.75, 3.05) is 10.6 Å². The van der Waals surface area contributed by atoms with Crippen molar-refractivity contribution in [3.8, 4) is 6.19 Å². The van der Waals surface area contributed by atoms with Crippen LogP contribution in [0.4, 0.5) is 11.6 Å². The molecular formula is C14H11N5O. The van der Waals surface area contributed by atoms with Gasteiger partial charge < -0.3 is 9.73 Å². The lowest BCUT2D eigenvalue weighted by Gasteiger charge is -2.04. The van der Waals surface area contributed by atoms with Gasteiger partial charge in [-0.3, -0.25) is 5.32 Å². The summed E-state index contributed by atoms with van der Waals surface area (Å²) in [6, 6.07) is 9.52. The van der Waals surface area contributed by atoms with Crippen LogP contribution in [0.3, 0.4) is 0 Å². The highest BCUT2D eigenvalue weighted by atomic mass is 16.3. The van der Waals surface area contributed by atoms with E-state index in [9.17, 15) is 0 Å². The molecule has 0 spiro atoms. The Hall–Kier alpha value is -3.07. The SMILES string of the molecule is N#CNc1cc(NCc2coc3ccccc23)ncn1. The molecule has 0 unspecified atom stereocenters. The van der Waals surface area contributed by atoms with Gasteiger partial charge in [-0.1, -0.05) is 18.2 Å². The molecule has 1 aromatic carbocycles. The summed E-state index contributed by atoms with van der Waals surface area (Å²) in [7, 11) is 0. The van der Waals surface area contributed by atoms with Crippen LogP contribution in [0.25, 0.3) is 11.0 Å². The molecule has 0 amide bonds. The van der Waals surface area contributed by atoms with Gasteiger partial charge in [-0.25, -0.2) is 9.97 Å². The van der Waals surface area contributed by atoms with Crippen LogP contribution in [0.1, 0.15) is 5.56 Å². The Kier molecular flexibility index (Phi) is 3.17. The van der Waals surface area contributed by atoms with E-state index in [1.54, 1.807) is 12.3 Å². The summed E-state index contributed by atoms with van der Waals surface area (Å²) in [4.78, 5) is 8.02. The number of nitriles is 1. The minimum atomic E-state index is 0.460. The first-order valence-electron chi connectivity index (χ1n) is 6.03. The van der Waals surface area contributed by atoms with E-state index in [0.717, 1.165) is 16.5 Å². The Morgan fingerprint density at radius 2 is 2.05 bits per heavy atom. The maximum absolute atomic E-state index is 8.55. The minimum Gasteiger partial charge on any atom is -0.464 e. The largest absolute Gasteiger partial charge is 0.464 e. The molecule has 20 heavy (non-hydrogen) atoms. The number of aromatic nitrogens is 2. The summed E-state index contributed by atoms with van der Waals surface area (Å²) in [5, 5.41) is 15.3. The second kappa shape index (κ2) is 5.28. The van der Waals surface area contributed by atoms with Gasteiger partial charge in [-0.2, -0.15) is 5.26 Å². The van der Waals surface area contributed by atoms with E-state index < -0.39 is 0 Å². The van der Waals surface area contributed by atoms with Crippen molar-refractivity contribution in [1.29, 1.82) is 5.26 Å². The predicted octanol–water partition coefficient (Wildman–Crippen LogP) is 2.73. The minimum absolute atomic E-state index is 0.460. The average Bonchev–Trinajstić information content (AvgIpc) is 2.89. The van der Waals surface area contributed by atoms with E-state index in [1.165, 1.54) is 6.33 Å². The third-order valence-electron chi connectivity index (χ3n) is 2.87. The van der Waals surface area contributed by atoms with Crippen LogP contribution >= 0.6 is 0 Å². The van der Waals surface area contributed by atoms with Crippen molar-refractivity contribution >= 4 is 22.6 Å². The van der Waals surface area contributed by atoms with Crippen molar-refractivity contribution in [3.05, 3.63) is 48.5 Å². The molecule has 0 saturated carbocycles. The monoisotopic (exact) mass is 265 g/mol. The second-order valence-electron chi connectivity index (χ2n) is 4.14. The third-order valence-corrected chi connectivity index (χ3v) is 2.87. The van der Waals surface area contributed by atoms with Crippen molar-refractivity contribution in [2.45, 2.75) is 6.54 Å². The van der Waals surface area contributed by atoms with Gasteiger partial charge in [0, 0.05) is 23.6 Å². The zero-order valence-corrected chi connectivity index (χ0v) is 10.5. The topological polar surface area (TPSA) is 86.8 Å². The van der Waals surface area contributed by atoms with Crippen LogP contribution in [-0.4, -0.2) is 9.97 Å². The van der Waals surface area contributed by atoms with Gasteiger partial charge in [0.05, 0.1) is 6.26 Å². The number of fused-ring (bicyclic) bond motifs is 1. The molecule has 0 aliphatic rings. The van der Waals surface area contributed by atoms with Gasteiger partial charge in [0.1, 0.15) is 23.5 Å². The summed E-state index contributed by atoms with van der Waals surface area (Å²) in [6.07, 6.45) is 4.95. The molecule has 0 radical (unpaired) electrons. The van der Waals surface area contributed by atoms with Gasteiger partial charge in [-0.05, 0) is 6.07 Å². The molecule has 3 rings (SSSR count). The molecule has 0 bridgehead atoms. The van der Waals surface area contributed by atoms with Crippen LogP contribution in [0.5, 0.6) is 0 Å². The molecule has 0 fully saturated rings.